The third-order valence-electron chi connectivity index (χ3n) is 7.71. The Kier molecular flexibility index (Phi) is 9.48. The highest BCUT2D eigenvalue weighted by Crippen LogP contribution is 2.41. The van der Waals surface area contributed by atoms with E-state index in [0.717, 1.165) is 37.1 Å². The maximum Gasteiger partial charge on any atom is 0.249 e. The van der Waals surface area contributed by atoms with Gasteiger partial charge >= 0.3 is 0 Å². The molecular weight excluding hydrogens is 588 g/mol. The number of hydrogen-bond acceptors (Lipinski definition) is 10. The Balaban J connectivity index is 1.38. The minimum Gasteiger partial charge on any atom is -0.488 e. The number of rotatable bonds is 12. The van der Waals surface area contributed by atoms with Crippen LogP contribution in [0.2, 0.25) is 5.15 Å². The van der Waals surface area contributed by atoms with Gasteiger partial charge in [-0.2, -0.15) is 10.1 Å². The van der Waals surface area contributed by atoms with Crippen LogP contribution in [0.4, 0.5) is 23.1 Å². The Morgan fingerprint density at radius 3 is 2.40 bits per heavy atom. The van der Waals surface area contributed by atoms with E-state index in [1.165, 1.54) is 28.7 Å². The van der Waals surface area contributed by atoms with Gasteiger partial charge in [0.2, 0.25) is 11.0 Å². The van der Waals surface area contributed by atoms with Crippen molar-refractivity contribution in [2.45, 2.75) is 102 Å². The molecule has 2 fully saturated rings. The number of nitrogens with one attached hydrogen (secondary N) is 3. The number of ether oxygens (including phenoxy) is 1. The van der Waals surface area contributed by atoms with Crippen molar-refractivity contribution in [3.63, 3.8) is 0 Å². The molecule has 2 aliphatic carbocycles. The van der Waals surface area contributed by atoms with Crippen LogP contribution in [0.1, 0.15) is 83.3 Å². The predicted octanol–water partition coefficient (Wildman–Crippen LogP) is 6.05. The van der Waals surface area contributed by atoms with Crippen LogP contribution in [0.25, 0.3) is 0 Å². The topological polar surface area (TPSA) is 136 Å². The molecule has 3 N–H and O–H groups in total. The second-order valence-electron chi connectivity index (χ2n) is 12.6. The summed E-state index contributed by atoms with van der Waals surface area (Å²) in [5.41, 5.74) is 3.53. The summed E-state index contributed by atoms with van der Waals surface area (Å²) in [4.78, 5) is 4.54. The predicted molar refractivity (Wildman–Crippen MR) is 170 cm³/mol. The molecule has 0 spiro atoms. The molecule has 1 aromatic carbocycles. The van der Waals surface area contributed by atoms with Crippen molar-refractivity contribution in [1.29, 1.82) is 0 Å². The van der Waals surface area contributed by atoms with Crippen molar-refractivity contribution in [1.82, 2.24) is 30.3 Å². The Bertz CT molecular complexity index is 1550. The molecule has 13 heteroatoms. The molecule has 0 amide bonds. The van der Waals surface area contributed by atoms with E-state index in [0.29, 0.717) is 18.0 Å². The minimum absolute atomic E-state index is 0.00477. The molecule has 0 saturated heterocycles. The van der Waals surface area contributed by atoms with Crippen LogP contribution >= 0.6 is 11.6 Å². The summed E-state index contributed by atoms with van der Waals surface area (Å²) in [6, 6.07) is 5.35. The first-order chi connectivity index (χ1) is 20.4. The van der Waals surface area contributed by atoms with Gasteiger partial charge in [0.05, 0.1) is 23.2 Å². The molecule has 11 nitrogen and oxygen atoms in total. The van der Waals surface area contributed by atoms with Gasteiger partial charge in [0.25, 0.3) is 0 Å². The van der Waals surface area contributed by atoms with Crippen LogP contribution in [-0.4, -0.2) is 57.3 Å². The lowest BCUT2D eigenvalue weighted by molar-refractivity contribution is 0.302. The number of sulfone groups is 1. The summed E-state index contributed by atoms with van der Waals surface area (Å²) in [6.45, 7) is 10.2. The summed E-state index contributed by atoms with van der Waals surface area (Å²) in [5, 5.41) is 22.3. The van der Waals surface area contributed by atoms with Gasteiger partial charge in [0.1, 0.15) is 5.75 Å². The fraction of sp³-hybridized carbons (Fsp3) is 0.600. The van der Waals surface area contributed by atoms with Gasteiger partial charge in [-0.25, -0.2) is 8.42 Å². The van der Waals surface area contributed by atoms with Crippen LogP contribution in [0, 0.1) is 12.8 Å². The van der Waals surface area contributed by atoms with E-state index in [4.69, 9.17) is 16.3 Å². The Morgan fingerprint density at radius 2 is 1.74 bits per heavy atom. The van der Waals surface area contributed by atoms with Crippen molar-refractivity contribution in [2.75, 3.05) is 16.4 Å². The number of halogens is 1. The minimum atomic E-state index is -3.64. The maximum absolute atomic E-state index is 13.0. The molecule has 0 atom stereocenters. The van der Waals surface area contributed by atoms with Crippen molar-refractivity contribution < 1.29 is 13.2 Å². The zero-order chi connectivity index (χ0) is 30.9. The summed E-state index contributed by atoms with van der Waals surface area (Å²) in [6.07, 6.45) is 8.47. The largest absolute Gasteiger partial charge is 0.488 e. The Morgan fingerprint density at radius 1 is 1.02 bits per heavy atom. The normalized spacial score (nSPS) is 19.2. The molecule has 234 valence electrons. The van der Waals surface area contributed by atoms with Gasteiger partial charge in [0.15, 0.2) is 20.8 Å². The molecule has 0 radical (unpaired) electrons. The monoisotopic (exact) mass is 630 g/mol. The first-order valence-electron chi connectivity index (χ1n) is 15.2. The molecular formula is C30H43ClN8O3S. The molecule has 2 aliphatic rings. The SMILES string of the molecule is Cc1cc(Nc2nnc(Cl)c(Nc3cn(C)nc3S(=O)(=O)CC(C)C)n2)c(OC2CC2)cc1C1CCC(NC(C)C)CC1. The van der Waals surface area contributed by atoms with E-state index in [2.05, 4.69) is 69.1 Å². The number of anilines is 4. The summed E-state index contributed by atoms with van der Waals surface area (Å²) < 4.78 is 33.8. The summed E-state index contributed by atoms with van der Waals surface area (Å²) in [7, 11) is -1.98. The summed E-state index contributed by atoms with van der Waals surface area (Å²) >= 11 is 6.35. The van der Waals surface area contributed by atoms with Crippen molar-refractivity contribution in [3.8, 4) is 5.75 Å². The van der Waals surface area contributed by atoms with Crippen molar-refractivity contribution in [2.24, 2.45) is 13.0 Å². The smallest absolute Gasteiger partial charge is 0.249 e. The maximum atomic E-state index is 13.0. The second kappa shape index (κ2) is 13.0. The number of aromatic nitrogens is 5. The van der Waals surface area contributed by atoms with Crippen LogP contribution in [-0.2, 0) is 16.9 Å². The van der Waals surface area contributed by atoms with Crippen LogP contribution < -0.4 is 20.7 Å². The van der Waals surface area contributed by atoms with Gasteiger partial charge in [-0.05, 0) is 80.5 Å². The third kappa shape index (κ3) is 7.96. The van der Waals surface area contributed by atoms with Crippen molar-refractivity contribution >= 4 is 44.6 Å². The lowest BCUT2D eigenvalue weighted by Crippen LogP contribution is -2.37. The molecule has 5 rings (SSSR count). The Hall–Kier alpha value is -2.96. The quantitative estimate of drug-likeness (QED) is 0.217. The molecule has 2 aromatic heterocycles. The molecule has 2 saturated carbocycles. The number of aryl methyl sites for hydroxylation is 2. The second-order valence-corrected chi connectivity index (χ2v) is 14.9. The van der Waals surface area contributed by atoms with Gasteiger partial charge in [-0.3, -0.25) is 4.68 Å². The van der Waals surface area contributed by atoms with E-state index in [1.54, 1.807) is 13.2 Å². The Labute approximate surface area is 259 Å². The fourth-order valence-corrected chi connectivity index (χ4v) is 7.60. The zero-order valence-electron chi connectivity index (χ0n) is 25.8. The number of hydrogen-bond donors (Lipinski definition) is 3. The van der Waals surface area contributed by atoms with Gasteiger partial charge in [-0.1, -0.05) is 39.3 Å². The lowest BCUT2D eigenvalue weighted by atomic mass is 9.80. The molecule has 0 bridgehead atoms. The van der Waals surface area contributed by atoms with Gasteiger partial charge in [0, 0.05) is 25.3 Å². The number of benzene rings is 1. The van der Waals surface area contributed by atoms with Gasteiger partial charge < -0.3 is 20.7 Å². The lowest BCUT2D eigenvalue weighted by Gasteiger charge is -2.32. The average Bonchev–Trinajstić information content (AvgIpc) is 3.66. The molecule has 43 heavy (non-hydrogen) atoms. The van der Waals surface area contributed by atoms with Crippen LogP contribution in [0.15, 0.2) is 23.4 Å². The molecule has 2 heterocycles. The van der Waals surface area contributed by atoms with Crippen molar-refractivity contribution in [3.05, 3.63) is 34.6 Å². The molecule has 0 aliphatic heterocycles. The molecule has 3 aromatic rings. The van der Waals surface area contributed by atoms with Gasteiger partial charge in [-0.15, -0.1) is 10.2 Å². The highest BCUT2D eigenvalue weighted by molar-refractivity contribution is 7.91. The number of nitrogens with zero attached hydrogens (tertiary/aromatic N) is 5. The summed E-state index contributed by atoms with van der Waals surface area (Å²) in [5.74, 6) is 1.54. The highest BCUT2D eigenvalue weighted by atomic mass is 35.5. The zero-order valence-corrected chi connectivity index (χ0v) is 27.4. The van der Waals surface area contributed by atoms with E-state index in [1.807, 2.05) is 13.8 Å². The van der Waals surface area contributed by atoms with Crippen LogP contribution in [0.5, 0.6) is 5.75 Å². The standard InChI is InChI=1S/C30H43ClN8O3S/c1-17(2)16-43(40,41)29-25(15-39(6)38-29)33-28-27(31)36-37-30(35-28)34-24-13-19(5)23(14-26(24)42-22-11-12-22)20-7-9-21(10-8-20)32-18(3)4/h13-15,17-18,20-22,32H,7-12,16H2,1-6H3,(H2,33,34,35,37). The first kappa shape index (κ1) is 31.5. The highest BCUT2D eigenvalue weighted by Gasteiger charge is 2.29. The average molecular weight is 631 g/mol. The van der Waals surface area contributed by atoms with E-state index in [9.17, 15) is 8.42 Å². The van der Waals surface area contributed by atoms with E-state index in [-0.39, 0.29) is 45.4 Å². The van der Waals surface area contributed by atoms with E-state index >= 15 is 0 Å². The molecule has 0 unspecified atom stereocenters. The van der Waals surface area contributed by atoms with Crippen LogP contribution in [0.3, 0.4) is 0 Å². The van der Waals surface area contributed by atoms with E-state index < -0.39 is 9.84 Å². The fourth-order valence-electron chi connectivity index (χ4n) is 5.74. The first-order valence-corrected chi connectivity index (χ1v) is 17.2. The third-order valence-corrected chi connectivity index (χ3v) is 9.96.